The number of fused-ring (bicyclic) bond motifs is 1. The number of carbonyl (C=O) groups is 1. The Hall–Kier alpha value is -2.34. The van der Waals surface area contributed by atoms with Crippen molar-refractivity contribution >= 4 is 16.9 Å². The molecule has 1 aromatic heterocycles. The van der Waals surface area contributed by atoms with Crippen molar-refractivity contribution in [2.45, 2.75) is 0 Å². The number of para-hydroxylation sites is 1. The van der Waals surface area contributed by atoms with E-state index in [0.717, 1.165) is 16.7 Å². The van der Waals surface area contributed by atoms with Gasteiger partial charge in [-0.2, -0.15) is 0 Å². The van der Waals surface area contributed by atoms with Crippen LogP contribution in [0.3, 0.4) is 0 Å². The zero-order valence-corrected chi connectivity index (χ0v) is 12.3. The van der Waals surface area contributed by atoms with Crippen LogP contribution in [0.4, 0.5) is 4.79 Å². The Kier molecular flexibility index (Phi) is 4.70. The lowest BCUT2D eigenvalue weighted by Gasteiger charge is -2.26. The molecule has 0 bridgehead atoms. The first-order valence-electron chi connectivity index (χ1n) is 7.42. The Morgan fingerprint density at radius 2 is 2.09 bits per heavy atom. The molecule has 2 heterocycles. The predicted octanol–water partition coefficient (Wildman–Crippen LogP) is 1.66. The van der Waals surface area contributed by atoms with Crippen molar-refractivity contribution in [3.8, 4) is 5.75 Å². The minimum absolute atomic E-state index is 0.0667. The quantitative estimate of drug-likeness (QED) is 0.872. The summed E-state index contributed by atoms with van der Waals surface area (Å²) in [6.07, 6.45) is 1.75. The fraction of sp³-hybridized carbons (Fsp3) is 0.375. The molecule has 0 unspecified atom stereocenters. The third-order valence-electron chi connectivity index (χ3n) is 3.53. The van der Waals surface area contributed by atoms with Gasteiger partial charge in [-0.25, -0.2) is 4.79 Å². The SMILES string of the molecule is O=C(NCCOc1cccc2cccnc12)N1CCOCC1. The molecule has 2 aromatic rings. The molecule has 2 amide bonds. The number of nitrogens with one attached hydrogen (secondary N) is 1. The highest BCUT2D eigenvalue weighted by Gasteiger charge is 2.15. The number of amides is 2. The number of benzene rings is 1. The Labute approximate surface area is 129 Å². The second-order valence-electron chi connectivity index (χ2n) is 5.01. The van der Waals surface area contributed by atoms with E-state index in [1.807, 2.05) is 30.3 Å². The molecule has 0 radical (unpaired) electrons. The number of nitrogens with zero attached hydrogens (tertiary/aromatic N) is 2. The first-order chi connectivity index (χ1) is 10.8. The summed E-state index contributed by atoms with van der Waals surface area (Å²) in [5.41, 5.74) is 0.838. The smallest absolute Gasteiger partial charge is 0.317 e. The van der Waals surface area contributed by atoms with Crippen molar-refractivity contribution in [1.29, 1.82) is 0 Å². The first kappa shape index (κ1) is 14.6. The Balaban J connectivity index is 1.49. The first-order valence-corrected chi connectivity index (χ1v) is 7.42. The molecule has 3 rings (SSSR count). The van der Waals surface area contributed by atoms with Crippen molar-refractivity contribution in [1.82, 2.24) is 15.2 Å². The third-order valence-corrected chi connectivity index (χ3v) is 3.53. The van der Waals surface area contributed by atoms with Gasteiger partial charge < -0.3 is 19.7 Å². The van der Waals surface area contributed by atoms with Crippen molar-refractivity contribution in [3.63, 3.8) is 0 Å². The number of hydrogen-bond acceptors (Lipinski definition) is 4. The fourth-order valence-electron chi connectivity index (χ4n) is 2.39. The number of carbonyl (C=O) groups excluding carboxylic acids is 1. The molecular formula is C16H19N3O3. The molecule has 0 aliphatic carbocycles. The third kappa shape index (κ3) is 3.46. The maximum atomic E-state index is 11.9. The molecule has 1 aliphatic heterocycles. The summed E-state index contributed by atoms with van der Waals surface area (Å²) in [6, 6.07) is 9.65. The summed E-state index contributed by atoms with van der Waals surface area (Å²) in [4.78, 5) is 18.0. The van der Waals surface area contributed by atoms with Crippen molar-refractivity contribution in [3.05, 3.63) is 36.5 Å². The van der Waals surface area contributed by atoms with Gasteiger partial charge in [-0.15, -0.1) is 0 Å². The Morgan fingerprint density at radius 1 is 1.27 bits per heavy atom. The highest BCUT2D eigenvalue weighted by molar-refractivity contribution is 5.84. The van der Waals surface area contributed by atoms with Crippen LogP contribution in [-0.2, 0) is 4.74 Å². The monoisotopic (exact) mass is 301 g/mol. The highest BCUT2D eigenvalue weighted by atomic mass is 16.5. The van der Waals surface area contributed by atoms with Crippen LogP contribution in [0.2, 0.25) is 0 Å². The van der Waals surface area contributed by atoms with Crippen LogP contribution in [0.5, 0.6) is 5.75 Å². The lowest BCUT2D eigenvalue weighted by atomic mass is 10.2. The van der Waals surface area contributed by atoms with Crippen LogP contribution in [0.25, 0.3) is 10.9 Å². The molecule has 1 fully saturated rings. The van der Waals surface area contributed by atoms with E-state index < -0.39 is 0 Å². The Morgan fingerprint density at radius 3 is 2.95 bits per heavy atom. The van der Waals surface area contributed by atoms with Crippen LogP contribution in [0, 0.1) is 0 Å². The average molecular weight is 301 g/mol. The van der Waals surface area contributed by atoms with Crippen LogP contribution >= 0.6 is 0 Å². The second kappa shape index (κ2) is 7.09. The normalized spacial score (nSPS) is 14.8. The van der Waals surface area contributed by atoms with E-state index in [1.165, 1.54) is 0 Å². The molecule has 0 atom stereocenters. The zero-order chi connectivity index (χ0) is 15.2. The maximum Gasteiger partial charge on any atom is 0.317 e. The van der Waals surface area contributed by atoms with Gasteiger partial charge in [0.15, 0.2) is 0 Å². The van der Waals surface area contributed by atoms with E-state index in [2.05, 4.69) is 10.3 Å². The fourth-order valence-corrected chi connectivity index (χ4v) is 2.39. The number of hydrogen-bond donors (Lipinski definition) is 1. The van der Waals surface area contributed by atoms with E-state index >= 15 is 0 Å². The van der Waals surface area contributed by atoms with E-state index in [-0.39, 0.29) is 6.03 Å². The number of aromatic nitrogens is 1. The molecule has 116 valence electrons. The molecule has 6 nitrogen and oxygen atoms in total. The van der Waals surface area contributed by atoms with Gasteiger partial charge >= 0.3 is 6.03 Å². The van der Waals surface area contributed by atoms with Crippen molar-refractivity contribution < 1.29 is 14.3 Å². The minimum Gasteiger partial charge on any atom is -0.489 e. The number of rotatable bonds is 4. The molecule has 1 aliphatic rings. The maximum absolute atomic E-state index is 11.9. The number of urea groups is 1. The van der Waals surface area contributed by atoms with Gasteiger partial charge in [0.2, 0.25) is 0 Å². The Bertz CT molecular complexity index is 636. The van der Waals surface area contributed by atoms with Gasteiger partial charge in [0, 0.05) is 24.7 Å². The molecule has 1 saturated heterocycles. The molecule has 1 N–H and O–H groups in total. The number of morpholine rings is 1. The van der Waals surface area contributed by atoms with Crippen LogP contribution in [0.15, 0.2) is 36.5 Å². The van der Waals surface area contributed by atoms with Gasteiger partial charge in [-0.3, -0.25) is 4.98 Å². The molecule has 0 spiro atoms. The minimum atomic E-state index is -0.0667. The van der Waals surface area contributed by atoms with E-state index in [4.69, 9.17) is 9.47 Å². The van der Waals surface area contributed by atoms with Gasteiger partial charge in [0.25, 0.3) is 0 Å². The summed E-state index contributed by atoms with van der Waals surface area (Å²) in [5.74, 6) is 0.735. The molecular weight excluding hydrogens is 282 g/mol. The summed E-state index contributed by atoms with van der Waals surface area (Å²) in [5, 5.41) is 3.90. The summed E-state index contributed by atoms with van der Waals surface area (Å²) in [6.45, 7) is 3.35. The summed E-state index contributed by atoms with van der Waals surface area (Å²) < 4.78 is 11.0. The van der Waals surface area contributed by atoms with E-state index in [1.54, 1.807) is 11.1 Å². The zero-order valence-electron chi connectivity index (χ0n) is 12.3. The molecule has 0 saturated carbocycles. The standard InChI is InChI=1S/C16H19N3O3/c20-16(19-8-11-21-12-9-19)18-7-10-22-14-5-1-3-13-4-2-6-17-15(13)14/h1-6H,7-12H2,(H,18,20). The van der Waals surface area contributed by atoms with Gasteiger partial charge in [-0.05, 0) is 12.1 Å². The largest absolute Gasteiger partial charge is 0.489 e. The molecule has 22 heavy (non-hydrogen) atoms. The number of pyridine rings is 1. The molecule has 1 aromatic carbocycles. The van der Waals surface area contributed by atoms with Crippen LogP contribution in [-0.4, -0.2) is 55.4 Å². The van der Waals surface area contributed by atoms with Crippen LogP contribution in [0.1, 0.15) is 0 Å². The van der Waals surface area contributed by atoms with Gasteiger partial charge in [-0.1, -0.05) is 18.2 Å². The van der Waals surface area contributed by atoms with Gasteiger partial charge in [0.05, 0.1) is 19.8 Å². The lowest BCUT2D eigenvalue weighted by Crippen LogP contribution is -2.47. The van der Waals surface area contributed by atoms with Crippen molar-refractivity contribution in [2.24, 2.45) is 0 Å². The highest BCUT2D eigenvalue weighted by Crippen LogP contribution is 2.22. The predicted molar refractivity (Wildman–Crippen MR) is 83.0 cm³/mol. The van der Waals surface area contributed by atoms with Gasteiger partial charge in [0.1, 0.15) is 17.9 Å². The van der Waals surface area contributed by atoms with E-state index in [0.29, 0.717) is 39.5 Å². The topological polar surface area (TPSA) is 63.7 Å². The second-order valence-corrected chi connectivity index (χ2v) is 5.01. The summed E-state index contributed by atoms with van der Waals surface area (Å²) in [7, 11) is 0. The van der Waals surface area contributed by atoms with E-state index in [9.17, 15) is 4.79 Å². The van der Waals surface area contributed by atoms with Crippen LogP contribution < -0.4 is 10.1 Å². The lowest BCUT2D eigenvalue weighted by molar-refractivity contribution is 0.0530. The molecule has 6 heteroatoms. The summed E-state index contributed by atoms with van der Waals surface area (Å²) >= 11 is 0. The average Bonchev–Trinajstić information content (AvgIpc) is 2.59. The number of ether oxygens (including phenoxy) is 2. The van der Waals surface area contributed by atoms with Crippen molar-refractivity contribution in [2.75, 3.05) is 39.5 Å².